The highest BCUT2D eigenvalue weighted by molar-refractivity contribution is 6.21. The van der Waals surface area contributed by atoms with Gasteiger partial charge >= 0.3 is 0 Å². The van der Waals surface area contributed by atoms with E-state index in [4.69, 9.17) is 0 Å². The van der Waals surface area contributed by atoms with Crippen molar-refractivity contribution in [3.63, 3.8) is 0 Å². The monoisotopic (exact) mass is 794 g/mol. The largest absolute Gasteiger partial charge is 0.310 e. The van der Waals surface area contributed by atoms with Crippen molar-refractivity contribution in [3.05, 3.63) is 230 Å². The standard InChI is InChI=1S/C60H46N2/c1-60(2,3)45-19-16-22-49(40-45)61(47-34-29-41(30-35-47)44-33-38-57-55(39-44)50-23-14-15-28-56(50)62(57)46-20-8-5-9-21-46)48-36-31-43(32-37-48)59-53-26-12-10-24-51(53)58(42-17-6-4-7-18-42)52-25-11-13-27-54(52)59/h4-40H,1-3H3. The molecule has 62 heavy (non-hydrogen) atoms. The number of hydrogen-bond acceptors (Lipinski definition) is 1. The van der Waals surface area contributed by atoms with Crippen LogP contribution in [0, 0.1) is 0 Å². The number of anilines is 3. The fraction of sp³-hybridized carbons (Fsp3) is 0.0667. The lowest BCUT2D eigenvalue weighted by Crippen LogP contribution is -2.14. The summed E-state index contributed by atoms with van der Waals surface area (Å²) in [6, 6.07) is 82.2. The molecule has 0 N–H and O–H groups in total. The molecular formula is C60H46N2. The molecule has 0 amide bonds. The van der Waals surface area contributed by atoms with E-state index in [-0.39, 0.29) is 5.41 Å². The van der Waals surface area contributed by atoms with Gasteiger partial charge in [0.15, 0.2) is 0 Å². The van der Waals surface area contributed by atoms with Crippen molar-refractivity contribution in [1.82, 2.24) is 4.57 Å². The maximum absolute atomic E-state index is 2.40. The van der Waals surface area contributed by atoms with Gasteiger partial charge in [0.25, 0.3) is 0 Å². The Morgan fingerprint density at radius 2 is 0.790 bits per heavy atom. The minimum atomic E-state index is 0.00565. The van der Waals surface area contributed by atoms with Crippen molar-refractivity contribution in [1.29, 1.82) is 0 Å². The highest BCUT2D eigenvalue weighted by Crippen LogP contribution is 2.45. The van der Waals surface area contributed by atoms with Gasteiger partial charge in [-0.3, -0.25) is 0 Å². The van der Waals surface area contributed by atoms with Crippen LogP contribution in [0.15, 0.2) is 224 Å². The molecule has 0 unspecified atom stereocenters. The maximum atomic E-state index is 2.40. The lowest BCUT2D eigenvalue weighted by molar-refractivity contribution is 0.590. The Labute approximate surface area is 363 Å². The summed E-state index contributed by atoms with van der Waals surface area (Å²) in [5.74, 6) is 0. The molecule has 0 fully saturated rings. The average Bonchev–Trinajstić information content (AvgIpc) is 3.65. The molecule has 2 heteroatoms. The van der Waals surface area contributed by atoms with Crippen LogP contribution in [0.3, 0.4) is 0 Å². The van der Waals surface area contributed by atoms with E-state index in [1.54, 1.807) is 0 Å². The van der Waals surface area contributed by atoms with E-state index in [1.807, 2.05) is 0 Å². The second kappa shape index (κ2) is 15.1. The molecule has 0 spiro atoms. The summed E-state index contributed by atoms with van der Waals surface area (Å²) >= 11 is 0. The predicted molar refractivity (Wildman–Crippen MR) is 265 cm³/mol. The van der Waals surface area contributed by atoms with Gasteiger partial charge in [0, 0.05) is 33.5 Å². The highest BCUT2D eigenvalue weighted by Gasteiger charge is 2.21. The summed E-state index contributed by atoms with van der Waals surface area (Å²) in [5.41, 5.74) is 15.6. The Kier molecular flexibility index (Phi) is 9.09. The van der Waals surface area contributed by atoms with Crippen LogP contribution in [-0.4, -0.2) is 4.57 Å². The Bertz CT molecular complexity index is 3350. The molecule has 0 atom stereocenters. The first-order valence-electron chi connectivity index (χ1n) is 21.6. The van der Waals surface area contributed by atoms with E-state index in [9.17, 15) is 0 Å². The number of fused-ring (bicyclic) bond motifs is 5. The predicted octanol–water partition coefficient (Wildman–Crippen LogP) is 16.9. The van der Waals surface area contributed by atoms with Crippen LogP contribution in [0.2, 0.25) is 0 Å². The molecule has 11 rings (SSSR count). The minimum absolute atomic E-state index is 0.00565. The molecular weight excluding hydrogens is 749 g/mol. The second-order valence-electron chi connectivity index (χ2n) is 17.4. The molecule has 11 aromatic rings. The summed E-state index contributed by atoms with van der Waals surface area (Å²) in [6.07, 6.45) is 0. The Morgan fingerprint density at radius 3 is 1.37 bits per heavy atom. The van der Waals surface area contributed by atoms with Gasteiger partial charge in [0.05, 0.1) is 11.0 Å². The number of nitrogens with zero attached hydrogens (tertiary/aromatic N) is 2. The number of para-hydroxylation sites is 2. The number of hydrogen-bond donors (Lipinski definition) is 0. The minimum Gasteiger partial charge on any atom is -0.310 e. The third-order valence-corrected chi connectivity index (χ3v) is 12.5. The smallest absolute Gasteiger partial charge is 0.0541 e. The number of aromatic nitrogens is 1. The van der Waals surface area contributed by atoms with Gasteiger partial charge in [-0.05, 0) is 133 Å². The molecule has 0 aliphatic heterocycles. The third kappa shape index (κ3) is 6.44. The van der Waals surface area contributed by atoms with Crippen molar-refractivity contribution in [2.24, 2.45) is 0 Å². The highest BCUT2D eigenvalue weighted by atomic mass is 15.1. The lowest BCUT2D eigenvalue weighted by atomic mass is 9.86. The summed E-state index contributed by atoms with van der Waals surface area (Å²) < 4.78 is 2.37. The molecule has 10 aromatic carbocycles. The molecule has 0 saturated carbocycles. The second-order valence-corrected chi connectivity index (χ2v) is 17.4. The van der Waals surface area contributed by atoms with E-state index in [1.165, 1.54) is 88.0 Å². The number of rotatable bonds is 7. The van der Waals surface area contributed by atoms with Crippen LogP contribution in [0.5, 0.6) is 0 Å². The van der Waals surface area contributed by atoms with Crippen LogP contribution < -0.4 is 4.90 Å². The summed E-state index contributed by atoms with van der Waals surface area (Å²) in [4.78, 5) is 2.40. The molecule has 1 aromatic heterocycles. The molecule has 0 radical (unpaired) electrons. The van der Waals surface area contributed by atoms with Crippen LogP contribution >= 0.6 is 0 Å². The maximum Gasteiger partial charge on any atom is 0.0541 e. The third-order valence-electron chi connectivity index (χ3n) is 12.5. The van der Waals surface area contributed by atoms with E-state index in [2.05, 4.69) is 255 Å². The molecule has 1 heterocycles. The van der Waals surface area contributed by atoms with E-state index in [0.29, 0.717) is 0 Å². The van der Waals surface area contributed by atoms with Crippen molar-refractivity contribution in [2.75, 3.05) is 4.90 Å². The Balaban J connectivity index is 1.02. The number of benzene rings is 10. The summed E-state index contributed by atoms with van der Waals surface area (Å²) in [6.45, 7) is 6.85. The zero-order valence-electron chi connectivity index (χ0n) is 35.3. The van der Waals surface area contributed by atoms with Gasteiger partial charge in [-0.2, -0.15) is 0 Å². The first kappa shape index (κ1) is 37.3. The molecule has 0 bridgehead atoms. The molecule has 0 aliphatic carbocycles. The van der Waals surface area contributed by atoms with Gasteiger partial charge in [-0.15, -0.1) is 0 Å². The fourth-order valence-corrected chi connectivity index (χ4v) is 9.50. The van der Waals surface area contributed by atoms with Crippen molar-refractivity contribution in [2.45, 2.75) is 26.2 Å². The van der Waals surface area contributed by atoms with Gasteiger partial charge < -0.3 is 9.47 Å². The first-order chi connectivity index (χ1) is 30.4. The van der Waals surface area contributed by atoms with E-state index < -0.39 is 0 Å². The topological polar surface area (TPSA) is 8.17 Å². The van der Waals surface area contributed by atoms with Gasteiger partial charge in [0.2, 0.25) is 0 Å². The van der Waals surface area contributed by atoms with Crippen molar-refractivity contribution in [3.8, 4) is 39.1 Å². The first-order valence-corrected chi connectivity index (χ1v) is 21.6. The molecule has 0 aliphatic rings. The Hall–Kier alpha value is -7.68. The molecule has 296 valence electrons. The van der Waals surface area contributed by atoms with Crippen LogP contribution in [0.1, 0.15) is 26.3 Å². The average molecular weight is 795 g/mol. The van der Waals surface area contributed by atoms with Gasteiger partial charge in [0.1, 0.15) is 0 Å². The van der Waals surface area contributed by atoms with Crippen LogP contribution in [0.4, 0.5) is 17.1 Å². The van der Waals surface area contributed by atoms with Gasteiger partial charge in [-0.25, -0.2) is 0 Å². The normalized spacial score (nSPS) is 11.8. The van der Waals surface area contributed by atoms with Crippen molar-refractivity contribution >= 4 is 60.4 Å². The Morgan fingerprint density at radius 1 is 0.323 bits per heavy atom. The fourth-order valence-electron chi connectivity index (χ4n) is 9.50. The van der Waals surface area contributed by atoms with Gasteiger partial charge in [-0.1, -0.05) is 178 Å². The molecule has 0 saturated heterocycles. The quantitative estimate of drug-likeness (QED) is 0.146. The van der Waals surface area contributed by atoms with Crippen LogP contribution in [-0.2, 0) is 5.41 Å². The zero-order chi connectivity index (χ0) is 41.8. The summed E-state index contributed by atoms with van der Waals surface area (Å²) in [5, 5.41) is 7.54. The van der Waals surface area contributed by atoms with Crippen molar-refractivity contribution < 1.29 is 0 Å². The lowest BCUT2D eigenvalue weighted by Gasteiger charge is -2.28. The van der Waals surface area contributed by atoms with E-state index in [0.717, 1.165) is 17.1 Å². The van der Waals surface area contributed by atoms with Crippen LogP contribution in [0.25, 0.3) is 82.4 Å². The molecule has 2 nitrogen and oxygen atoms in total. The van der Waals surface area contributed by atoms with E-state index >= 15 is 0 Å². The SMILES string of the molecule is CC(C)(C)c1cccc(N(c2ccc(-c3ccc4c(c3)c3ccccc3n4-c3ccccc3)cc2)c2ccc(-c3c4ccccc4c(-c4ccccc4)c4ccccc34)cc2)c1. The zero-order valence-corrected chi connectivity index (χ0v) is 35.3. The summed E-state index contributed by atoms with van der Waals surface area (Å²) in [7, 11) is 0.